The van der Waals surface area contributed by atoms with Gasteiger partial charge in [-0.25, -0.2) is 8.42 Å². The van der Waals surface area contributed by atoms with Crippen LogP contribution in [0.15, 0.2) is 71.6 Å². The fourth-order valence-electron chi connectivity index (χ4n) is 3.98. The van der Waals surface area contributed by atoms with Gasteiger partial charge >= 0.3 is 0 Å². The number of rotatable bonds is 10. The number of carbonyl (C=O) groups excluding carboxylic acids is 2. The summed E-state index contributed by atoms with van der Waals surface area (Å²) in [4.78, 5) is 28.1. The summed E-state index contributed by atoms with van der Waals surface area (Å²) >= 11 is 12.8. The first-order chi connectivity index (χ1) is 18.0. The predicted octanol–water partition coefficient (Wildman–Crippen LogP) is 5.36. The lowest BCUT2D eigenvalue weighted by Gasteiger charge is -2.32. The highest BCUT2D eigenvalue weighted by Gasteiger charge is 2.33. The van der Waals surface area contributed by atoms with Crippen LogP contribution in [0.1, 0.15) is 30.5 Å². The minimum Gasteiger partial charge on any atom is -0.355 e. The normalized spacial score (nSPS) is 12.1. The smallest absolute Gasteiger partial charge is 0.264 e. The number of nitrogens with one attached hydrogen (secondary N) is 1. The van der Waals surface area contributed by atoms with Crippen molar-refractivity contribution >= 4 is 50.7 Å². The minimum atomic E-state index is -4.13. The van der Waals surface area contributed by atoms with Gasteiger partial charge in [0.25, 0.3) is 10.0 Å². The molecule has 0 fully saturated rings. The molecular weight excluding hydrogens is 545 g/mol. The summed E-state index contributed by atoms with van der Waals surface area (Å²) in [5.74, 6) is -0.964. The highest BCUT2D eigenvalue weighted by Crippen LogP contribution is 2.30. The largest absolute Gasteiger partial charge is 0.355 e. The first-order valence-corrected chi connectivity index (χ1v) is 14.3. The molecule has 7 nitrogen and oxygen atoms in total. The second-order valence-electron chi connectivity index (χ2n) is 8.91. The van der Waals surface area contributed by atoms with E-state index in [2.05, 4.69) is 5.32 Å². The van der Waals surface area contributed by atoms with E-state index in [4.69, 9.17) is 23.2 Å². The van der Waals surface area contributed by atoms with Crippen LogP contribution in [-0.2, 0) is 26.2 Å². The maximum Gasteiger partial charge on any atom is 0.264 e. The monoisotopic (exact) mass is 575 g/mol. The molecule has 0 aliphatic heterocycles. The van der Waals surface area contributed by atoms with E-state index in [9.17, 15) is 18.0 Å². The third-order valence-electron chi connectivity index (χ3n) is 6.15. The zero-order valence-corrected chi connectivity index (χ0v) is 24.1. The van der Waals surface area contributed by atoms with Crippen LogP contribution >= 0.6 is 23.2 Å². The molecule has 1 atom stereocenters. The summed E-state index contributed by atoms with van der Waals surface area (Å²) < 4.78 is 28.8. The molecule has 3 aromatic rings. The van der Waals surface area contributed by atoms with Gasteiger partial charge in [0.15, 0.2) is 0 Å². The number of sulfonamides is 1. The van der Waals surface area contributed by atoms with Gasteiger partial charge in [0.2, 0.25) is 11.8 Å². The summed E-state index contributed by atoms with van der Waals surface area (Å²) in [5, 5.41) is 3.39. The van der Waals surface area contributed by atoms with Gasteiger partial charge < -0.3 is 10.2 Å². The minimum absolute atomic E-state index is 0.0474. The number of aryl methyl sites for hydroxylation is 2. The Morgan fingerprint density at radius 3 is 2.18 bits per heavy atom. The molecule has 38 heavy (non-hydrogen) atoms. The molecular formula is C28H31Cl2N3O4S. The number of halogens is 2. The number of hydrogen-bond acceptors (Lipinski definition) is 4. The molecule has 1 N–H and O–H groups in total. The Bertz CT molecular complexity index is 1390. The van der Waals surface area contributed by atoms with Crippen molar-refractivity contribution in [2.24, 2.45) is 0 Å². The molecule has 0 saturated heterocycles. The van der Waals surface area contributed by atoms with Crippen molar-refractivity contribution in [3.63, 3.8) is 0 Å². The Morgan fingerprint density at radius 2 is 1.58 bits per heavy atom. The van der Waals surface area contributed by atoms with Gasteiger partial charge in [0, 0.05) is 28.7 Å². The highest BCUT2D eigenvalue weighted by molar-refractivity contribution is 7.92. The molecule has 0 radical (unpaired) electrons. The molecule has 3 rings (SSSR count). The van der Waals surface area contributed by atoms with Gasteiger partial charge in [0.05, 0.1) is 10.6 Å². The zero-order chi connectivity index (χ0) is 28.0. The van der Waals surface area contributed by atoms with Crippen molar-refractivity contribution < 1.29 is 18.0 Å². The number of benzene rings is 3. The van der Waals surface area contributed by atoms with E-state index in [0.717, 1.165) is 9.87 Å². The van der Waals surface area contributed by atoms with Gasteiger partial charge in [-0.2, -0.15) is 0 Å². The fraction of sp³-hybridized carbons (Fsp3) is 0.286. The predicted molar refractivity (Wildman–Crippen MR) is 152 cm³/mol. The number of likely N-dealkylation sites (N-methyl/N-ethyl adjacent to an activating group) is 1. The van der Waals surface area contributed by atoms with Gasteiger partial charge in [-0.15, -0.1) is 0 Å². The molecule has 0 aromatic heterocycles. The molecule has 0 unspecified atom stereocenters. The van der Waals surface area contributed by atoms with Crippen LogP contribution in [0.5, 0.6) is 0 Å². The standard InChI is InChI=1S/C28H31Cl2N3O4S/c1-5-31-28(35)21(4)32(17-23-24(29)12-9-13-25(23)30)27(34)18-33(26-16-19(2)14-15-20(26)3)38(36,37)22-10-7-6-8-11-22/h6-16,21H,5,17-18H2,1-4H3,(H,31,35)/t21-/m0/s1. The number of anilines is 1. The van der Waals surface area contributed by atoms with Crippen LogP contribution in [0.2, 0.25) is 10.0 Å². The average Bonchev–Trinajstić information content (AvgIpc) is 2.88. The van der Waals surface area contributed by atoms with Gasteiger partial charge in [-0.1, -0.05) is 59.6 Å². The van der Waals surface area contributed by atoms with Crippen molar-refractivity contribution in [2.45, 2.75) is 45.2 Å². The maximum atomic E-state index is 13.9. The second kappa shape index (κ2) is 12.7. The molecule has 0 saturated carbocycles. The molecule has 10 heteroatoms. The molecule has 2 amide bonds. The Morgan fingerprint density at radius 1 is 0.947 bits per heavy atom. The summed E-state index contributed by atoms with van der Waals surface area (Å²) in [5.41, 5.74) is 2.36. The molecule has 0 spiro atoms. The number of nitrogens with zero attached hydrogens (tertiary/aromatic N) is 2. The number of carbonyl (C=O) groups is 2. The van der Waals surface area contributed by atoms with Crippen molar-refractivity contribution in [3.8, 4) is 0 Å². The van der Waals surface area contributed by atoms with Crippen LogP contribution in [0, 0.1) is 13.8 Å². The van der Waals surface area contributed by atoms with E-state index in [-0.39, 0.29) is 17.3 Å². The second-order valence-corrected chi connectivity index (χ2v) is 11.6. The first-order valence-electron chi connectivity index (χ1n) is 12.1. The molecule has 0 aliphatic rings. The zero-order valence-electron chi connectivity index (χ0n) is 21.7. The van der Waals surface area contributed by atoms with Gasteiger partial charge in [-0.05, 0) is 69.2 Å². The quantitative estimate of drug-likeness (QED) is 0.352. The third kappa shape index (κ3) is 6.67. The van der Waals surface area contributed by atoms with Gasteiger partial charge in [-0.3, -0.25) is 13.9 Å². The summed E-state index contributed by atoms with van der Waals surface area (Å²) in [6.07, 6.45) is 0. The van der Waals surface area contributed by atoms with E-state index in [1.165, 1.54) is 17.0 Å². The van der Waals surface area contributed by atoms with Crippen LogP contribution < -0.4 is 9.62 Å². The summed E-state index contributed by atoms with van der Waals surface area (Å²) in [6.45, 7) is 6.74. The lowest BCUT2D eigenvalue weighted by Crippen LogP contribution is -2.51. The van der Waals surface area contributed by atoms with Crippen molar-refractivity contribution in [1.29, 1.82) is 0 Å². The molecule has 0 bridgehead atoms. The van der Waals surface area contributed by atoms with E-state index in [1.807, 2.05) is 13.0 Å². The number of hydrogen-bond donors (Lipinski definition) is 1. The lowest BCUT2D eigenvalue weighted by molar-refractivity contribution is -0.139. The Kier molecular flexibility index (Phi) is 9.82. The fourth-order valence-corrected chi connectivity index (χ4v) is 5.99. The highest BCUT2D eigenvalue weighted by atomic mass is 35.5. The van der Waals surface area contributed by atoms with Crippen molar-refractivity contribution in [3.05, 3.63) is 93.5 Å². The van der Waals surface area contributed by atoms with Crippen LogP contribution in [0.4, 0.5) is 5.69 Å². The van der Waals surface area contributed by atoms with Crippen LogP contribution in [0.25, 0.3) is 0 Å². The van der Waals surface area contributed by atoms with E-state index < -0.39 is 28.5 Å². The van der Waals surface area contributed by atoms with E-state index >= 15 is 0 Å². The Labute approximate surface area is 234 Å². The first kappa shape index (κ1) is 29.5. The molecule has 0 heterocycles. The lowest BCUT2D eigenvalue weighted by atomic mass is 10.1. The van der Waals surface area contributed by atoms with Crippen molar-refractivity contribution in [2.75, 3.05) is 17.4 Å². The van der Waals surface area contributed by atoms with Crippen molar-refractivity contribution in [1.82, 2.24) is 10.2 Å². The SMILES string of the molecule is CCNC(=O)[C@H](C)N(Cc1c(Cl)cccc1Cl)C(=O)CN(c1cc(C)ccc1C)S(=O)(=O)c1ccccc1. The van der Waals surface area contributed by atoms with E-state index in [1.54, 1.807) is 69.3 Å². The molecule has 3 aromatic carbocycles. The topological polar surface area (TPSA) is 86.8 Å². The number of amides is 2. The maximum absolute atomic E-state index is 13.9. The molecule has 0 aliphatic carbocycles. The molecule has 202 valence electrons. The summed E-state index contributed by atoms with van der Waals surface area (Å²) in [6, 6.07) is 17.4. The van der Waals surface area contributed by atoms with Gasteiger partial charge in [0.1, 0.15) is 12.6 Å². The van der Waals surface area contributed by atoms with Crippen LogP contribution in [-0.4, -0.2) is 44.3 Å². The Balaban J connectivity index is 2.10. The average molecular weight is 577 g/mol. The Hall–Kier alpha value is -3.07. The summed E-state index contributed by atoms with van der Waals surface area (Å²) in [7, 11) is -4.13. The van der Waals surface area contributed by atoms with Crippen LogP contribution in [0.3, 0.4) is 0 Å². The van der Waals surface area contributed by atoms with E-state index in [0.29, 0.717) is 33.4 Å². The third-order valence-corrected chi connectivity index (χ3v) is 8.63.